The van der Waals surface area contributed by atoms with Crippen LogP contribution < -0.4 is 14.9 Å². The molecule has 2 saturated heterocycles. The molecule has 0 bridgehead atoms. The van der Waals surface area contributed by atoms with Gasteiger partial charge in [0, 0.05) is 31.6 Å². The number of rotatable bonds is 5. The Morgan fingerprint density at radius 3 is 2.93 bits per heavy atom. The first kappa shape index (κ1) is 19.2. The van der Waals surface area contributed by atoms with Crippen molar-refractivity contribution in [1.29, 1.82) is 0 Å². The van der Waals surface area contributed by atoms with E-state index in [2.05, 4.69) is 5.43 Å². The van der Waals surface area contributed by atoms with E-state index in [4.69, 9.17) is 26.4 Å². The Kier molecular flexibility index (Phi) is 5.81. The zero-order valence-corrected chi connectivity index (χ0v) is 16.6. The monoisotopic (exact) mass is 421 g/mol. The number of nitrogens with zero attached hydrogens (tertiary/aromatic N) is 2. The van der Waals surface area contributed by atoms with Crippen LogP contribution in [0.5, 0.6) is 11.5 Å². The summed E-state index contributed by atoms with van der Waals surface area (Å²) in [6, 6.07) is 5.52. The first-order chi connectivity index (χ1) is 13.6. The lowest BCUT2D eigenvalue weighted by molar-refractivity contribution is -0.128. The van der Waals surface area contributed by atoms with Gasteiger partial charge in [0.05, 0.1) is 18.1 Å². The minimum Gasteiger partial charge on any atom is -0.454 e. The van der Waals surface area contributed by atoms with Crippen LogP contribution in [0.15, 0.2) is 23.1 Å². The predicted molar refractivity (Wildman–Crippen MR) is 108 cm³/mol. The van der Waals surface area contributed by atoms with Crippen molar-refractivity contribution in [2.45, 2.75) is 6.42 Å². The Morgan fingerprint density at radius 2 is 2.11 bits per heavy atom. The Morgan fingerprint density at radius 1 is 1.29 bits per heavy atom. The van der Waals surface area contributed by atoms with Gasteiger partial charge in [0.2, 0.25) is 12.7 Å². The highest BCUT2D eigenvalue weighted by Gasteiger charge is 2.32. The summed E-state index contributed by atoms with van der Waals surface area (Å²) >= 11 is 6.56. The molecular weight excluding hydrogens is 402 g/mol. The second-order valence-electron chi connectivity index (χ2n) is 6.30. The summed E-state index contributed by atoms with van der Waals surface area (Å²) in [6.45, 7) is 2.91. The Balaban J connectivity index is 1.37. The lowest BCUT2D eigenvalue weighted by Crippen LogP contribution is -2.49. The maximum atomic E-state index is 12.7. The van der Waals surface area contributed by atoms with Crippen molar-refractivity contribution in [3.63, 3.8) is 0 Å². The highest BCUT2D eigenvalue weighted by molar-refractivity contribution is 8.26. The van der Waals surface area contributed by atoms with E-state index in [1.54, 1.807) is 6.08 Å². The Labute approximate surface area is 171 Å². The van der Waals surface area contributed by atoms with E-state index in [0.717, 1.165) is 5.56 Å². The number of carbonyl (C=O) groups excluding carboxylic acids is 2. The number of benzene rings is 1. The maximum Gasteiger partial charge on any atom is 0.266 e. The van der Waals surface area contributed by atoms with Gasteiger partial charge in [-0.3, -0.25) is 19.9 Å². The molecule has 0 spiro atoms. The number of hydrogen-bond acceptors (Lipinski definition) is 8. The average Bonchev–Trinajstić information content (AvgIpc) is 3.27. The lowest BCUT2D eigenvalue weighted by Gasteiger charge is -2.27. The molecular formula is C18H19N3O5S2. The number of ether oxygens (including phenoxy) is 3. The smallest absolute Gasteiger partial charge is 0.266 e. The van der Waals surface area contributed by atoms with Crippen molar-refractivity contribution in [2.75, 3.05) is 39.6 Å². The molecule has 0 unspecified atom stereocenters. The molecule has 4 rings (SSSR count). The second-order valence-corrected chi connectivity index (χ2v) is 7.97. The molecule has 0 atom stereocenters. The summed E-state index contributed by atoms with van der Waals surface area (Å²) in [4.78, 5) is 26.9. The van der Waals surface area contributed by atoms with Crippen molar-refractivity contribution in [2.24, 2.45) is 0 Å². The van der Waals surface area contributed by atoms with Crippen molar-refractivity contribution in [1.82, 2.24) is 15.3 Å². The Bertz CT molecular complexity index is 839. The van der Waals surface area contributed by atoms with Crippen LogP contribution in [0.4, 0.5) is 0 Å². The molecule has 3 aliphatic heterocycles. The SMILES string of the molecule is O=C(CCN1C(=O)/C(=C\c2cccc3c2OCO3)SC1=S)NN1CCOCC1. The predicted octanol–water partition coefficient (Wildman–Crippen LogP) is 1.37. The molecule has 0 aliphatic carbocycles. The number of thioether (sulfide) groups is 1. The topological polar surface area (TPSA) is 80.3 Å². The molecule has 148 valence electrons. The van der Waals surface area contributed by atoms with E-state index < -0.39 is 0 Å². The highest BCUT2D eigenvalue weighted by Crippen LogP contribution is 2.39. The van der Waals surface area contributed by atoms with E-state index in [1.165, 1.54) is 16.7 Å². The molecule has 0 radical (unpaired) electrons. The van der Waals surface area contributed by atoms with Crippen molar-refractivity contribution < 1.29 is 23.8 Å². The van der Waals surface area contributed by atoms with Crippen molar-refractivity contribution in [3.8, 4) is 11.5 Å². The van der Waals surface area contributed by atoms with Gasteiger partial charge < -0.3 is 14.2 Å². The standard InChI is InChI=1S/C18H19N3O5S2/c22-15(19-20-6-8-24-9-7-20)4-5-21-17(23)14(28-18(21)27)10-12-2-1-3-13-16(12)26-11-25-13/h1-3,10H,4-9,11H2,(H,19,22)/b14-10+. The molecule has 0 saturated carbocycles. The van der Waals surface area contributed by atoms with Crippen molar-refractivity contribution in [3.05, 3.63) is 28.7 Å². The molecule has 2 amide bonds. The number of nitrogens with one attached hydrogen (secondary N) is 1. The van der Waals surface area contributed by atoms with E-state index in [9.17, 15) is 9.59 Å². The number of carbonyl (C=O) groups is 2. The number of morpholine rings is 1. The van der Waals surface area contributed by atoms with Crippen LogP contribution in [-0.4, -0.2) is 65.7 Å². The fourth-order valence-corrected chi connectivity index (χ4v) is 4.32. The van der Waals surface area contributed by atoms with Gasteiger partial charge in [-0.2, -0.15) is 0 Å². The average molecular weight is 422 g/mol. The number of hydrogen-bond donors (Lipinski definition) is 1. The number of fused-ring (bicyclic) bond motifs is 1. The normalized spacial score (nSPS) is 20.9. The molecule has 28 heavy (non-hydrogen) atoms. The van der Waals surface area contributed by atoms with E-state index in [1.807, 2.05) is 23.2 Å². The molecule has 2 fully saturated rings. The largest absolute Gasteiger partial charge is 0.454 e. The molecule has 8 nitrogen and oxygen atoms in total. The van der Waals surface area contributed by atoms with Gasteiger partial charge >= 0.3 is 0 Å². The van der Waals surface area contributed by atoms with Gasteiger partial charge in [0.25, 0.3) is 5.91 Å². The molecule has 1 N–H and O–H groups in total. The molecule has 3 aliphatic rings. The van der Waals surface area contributed by atoms with Gasteiger partial charge in [0.15, 0.2) is 11.5 Å². The van der Waals surface area contributed by atoms with Gasteiger partial charge in [-0.1, -0.05) is 36.1 Å². The molecule has 1 aromatic rings. The molecule has 0 aromatic heterocycles. The minimum atomic E-state index is -0.203. The third-order valence-electron chi connectivity index (χ3n) is 4.44. The van der Waals surface area contributed by atoms with Crippen LogP contribution in [0.2, 0.25) is 0 Å². The van der Waals surface area contributed by atoms with Gasteiger partial charge in [-0.25, -0.2) is 5.01 Å². The number of para-hydroxylation sites is 1. The van der Waals surface area contributed by atoms with Crippen LogP contribution in [0.1, 0.15) is 12.0 Å². The van der Waals surface area contributed by atoms with Crippen LogP contribution in [0.3, 0.4) is 0 Å². The summed E-state index contributed by atoms with van der Waals surface area (Å²) in [5, 5.41) is 1.83. The van der Waals surface area contributed by atoms with Gasteiger partial charge in [0.1, 0.15) is 4.32 Å². The summed E-state index contributed by atoms with van der Waals surface area (Å²) in [5.74, 6) is 0.929. The number of hydrazine groups is 1. The lowest BCUT2D eigenvalue weighted by atomic mass is 10.1. The summed E-state index contributed by atoms with van der Waals surface area (Å²) in [5.41, 5.74) is 3.60. The van der Waals surface area contributed by atoms with E-state index in [0.29, 0.717) is 47.0 Å². The fourth-order valence-electron chi connectivity index (χ4n) is 3.02. The summed E-state index contributed by atoms with van der Waals surface area (Å²) < 4.78 is 16.5. The number of amides is 2. The zero-order valence-electron chi connectivity index (χ0n) is 15.0. The molecule has 10 heteroatoms. The quantitative estimate of drug-likeness (QED) is 0.564. The van der Waals surface area contributed by atoms with Crippen LogP contribution in [0, 0.1) is 0 Å². The first-order valence-corrected chi connectivity index (χ1v) is 10.1. The maximum absolute atomic E-state index is 12.7. The van der Waals surface area contributed by atoms with Crippen LogP contribution in [0.25, 0.3) is 6.08 Å². The van der Waals surface area contributed by atoms with Crippen LogP contribution >= 0.6 is 24.0 Å². The van der Waals surface area contributed by atoms with Gasteiger partial charge in [-0.15, -0.1) is 0 Å². The Hall–Kier alpha value is -2.14. The fraction of sp³-hybridized carbons (Fsp3) is 0.389. The van der Waals surface area contributed by atoms with E-state index >= 15 is 0 Å². The number of thiocarbonyl (C=S) groups is 1. The van der Waals surface area contributed by atoms with Crippen molar-refractivity contribution >= 4 is 46.2 Å². The summed E-state index contributed by atoms with van der Waals surface area (Å²) in [6.07, 6.45) is 1.93. The first-order valence-electron chi connectivity index (χ1n) is 8.88. The summed E-state index contributed by atoms with van der Waals surface area (Å²) in [7, 11) is 0. The molecule has 3 heterocycles. The third-order valence-corrected chi connectivity index (χ3v) is 5.82. The minimum absolute atomic E-state index is 0.147. The highest BCUT2D eigenvalue weighted by atomic mass is 32.2. The van der Waals surface area contributed by atoms with Crippen LogP contribution in [-0.2, 0) is 14.3 Å². The zero-order chi connectivity index (χ0) is 19.5. The van der Waals surface area contributed by atoms with E-state index in [-0.39, 0.29) is 31.6 Å². The van der Waals surface area contributed by atoms with Gasteiger partial charge in [-0.05, 0) is 12.1 Å². The molecule has 1 aromatic carbocycles. The third kappa shape index (κ3) is 4.14. The second kappa shape index (κ2) is 8.48.